The van der Waals surface area contributed by atoms with Gasteiger partial charge in [0.15, 0.2) is 0 Å². The second-order valence-corrected chi connectivity index (χ2v) is 4.65. The SMILES string of the molecule is CNCCC(c1ccc(C)cc1)C(C)C. The zero-order valence-electron chi connectivity index (χ0n) is 10.4. The molecule has 0 aliphatic carbocycles. The molecule has 0 aliphatic rings. The third-order valence-corrected chi connectivity index (χ3v) is 3.02. The molecule has 1 rings (SSSR count). The number of aryl methyl sites for hydroxylation is 1. The third kappa shape index (κ3) is 3.67. The quantitative estimate of drug-likeness (QED) is 0.777. The van der Waals surface area contributed by atoms with E-state index in [2.05, 4.69) is 50.4 Å². The van der Waals surface area contributed by atoms with E-state index in [9.17, 15) is 0 Å². The highest BCUT2D eigenvalue weighted by molar-refractivity contribution is 5.24. The minimum absolute atomic E-state index is 0.679. The fraction of sp³-hybridized carbons (Fsp3) is 0.571. The molecule has 84 valence electrons. The van der Waals surface area contributed by atoms with E-state index >= 15 is 0 Å². The normalized spacial score (nSPS) is 13.1. The summed E-state index contributed by atoms with van der Waals surface area (Å²) >= 11 is 0. The van der Waals surface area contributed by atoms with E-state index in [1.807, 2.05) is 7.05 Å². The van der Waals surface area contributed by atoms with E-state index < -0.39 is 0 Å². The first-order valence-electron chi connectivity index (χ1n) is 5.86. The summed E-state index contributed by atoms with van der Waals surface area (Å²) < 4.78 is 0. The topological polar surface area (TPSA) is 12.0 Å². The Hall–Kier alpha value is -0.820. The van der Waals surface area contributed by atoms with E-state index in [0.717, 1.165) is 6.54 Å². The monoisotopic (exact) mass is 205 g/mol. The highest BCUT2D eigenvalue weighted by atomic mass is 14.8. The molecule has 0 amide bonds. The third-order valence-electron chi connectivity index (χ3n) is 3.02. The van der Waals surface area contributed by atoms with E-state index in [0.29, 0.717) is 11.8 Å². The average Bonchev–Trinajstić information content (AvgIpc) is 2.21. The molecule has 1 aromatic carbocycles. The van der Waals surface area contributed by atoms with Crippen LogP contribution < -0.4 is 5.32 Å². The number of nitrogens with one attached hydrogen (secondary N) is 1. The van der Waals surface area contributed by atoms with Crippen molar-refractivity contribution in [1.82, 2.24) is 5.32 Å². The van der Waals surface area contributed by atoms with Crippen molar-refractivity contribution in [3.05, 3.63) is 35.4 Å². The van der Waals surface area contributed by atoms with Crippen molar-refractivity contribution in [1.29, 1.82) is 0 Å². The molecule has 15 heavy (non-hydrogen) atoms. The minimum Gasteiger partial charge on any atom is -0.320 e. The molecule has 0 heterocycles. The van der Waals surface area contributed by atoms with Gasteiger partial charge in [0.2, 0.25) is 0 Å². The lowest BCUT2D eigenvalue weighted by atomic mass is 9.85. The molecule has 0 aliphatic heterocycles. The summed E-state index contributed by atoms with van der Waals surface area (Å²) in [6.45, 7) is 7.85. The van der Waals surface area contributed by atoms with Crippen molar-refractivity contribution in [3.63, 3.8) is 0 Å². The minimum atomic E-state index is 0.679. The molecule has 0 spiro atoms. The molecule has 1 aromatic rings. The lowest BCUT2D eigenvalue weighted by Crippen LogP contribution is -2.15. The van der Waals surface area contributed by atoms with E-state index in [1.54, 1.807) is 0 Å². The first kappa shape index (κ1) is 12.3. The fourth-order valence-electron chi connectivity index (χ4n) is 2.00. The Morgan fingerprint density at radius 1 is 1.13 bits per heavy atom. The van der Waals surface area contributed by atoms with E-state index in [-0.39, 0.29) is 0 Å². The Morgan fingerprint density at radius 2 is 1.73 bits per heavy atom. The fourth-order valence-corrected chi connectivity index (χ4v) is 2.00. The zero-order chi connectivity index (χ0) is 11.3. The van der Waals surface area contributed by atoms with Crippen molar-refractivity contribution < 1.29 is 0 Å². The standard InChI is InChI=1S/C14H23N/c1-11(2)14(9-10-15-4)13-7-5-12(3)6-8-13/h5-8,11,14-15H,9-10H2,1-4H3. The van der Waals surface area contributed by atoms with Crippen LogP contribution in [0.15, 0.2) is 24.3 Å². The molecule has 0 radical (unpaired) electrons. The maximum atomic E-state index is 3.23. The Morgan fingerprint density at radius 3 is 2.20 bits per heavy atom. The lowest BCUT2D eigenvalue weighted by molar-refractivity contribution is 0.460. The molecule has 0 saturated heterocycles. The Labute approximate surface area is 93.9 Å². The summed E-state index contributed by atoms with van der Waals surface area (Å²) in [5.74, 6) is 1.39. The molecule has 0 aromatic heterocycles. The number of rotatable bonds is 5. The van der Waals surface area contributed by atoms with Crippen molar-refractivity contribution in [2.45, 2.75) is 33.1 Å². The summed E-state index contributed by atoms with van der Waals surface area (Å²) in [6.07, 6.45) is 1.22. The molecule has 0 fully saturated rings. The summed E-state index contributed by atoms with van der Waals surface area (Å²) in [5, 5.41) is 3.23. The van der Waals surface area contributed by atoms with Crippen LogP contribution in [0.4, 0.5) is 0 Å². The van der Waals surface area contributed by atoms with Gasteiger partial charge >= 0.3 is 0 Å². The van der Waals surface area contributed by atoms with Crippen LogP contribution >= 0.6 is 0 Å². The molecular weight excluding hydrogens is 182 g/mol. The van der Waals surface area contributed by atoms with Gasteiger partial charge in [-0.25, -0.2) is 0 Å². The van der Waals surface area contributed by atoms with Crippen LogP contribution in [0.2, 0.25) is 0 Å². The van der Waals surface area contributed by atoms with Gasteiger partial charge in [0, 0.05) is 0 Å². The van der Waals surface area contributed by atoms with Crippen molar-refractivity contribution >= 4 is 0 Å². The van der Waals surface area contributed by atoms with Crippen LogP contribution in [0.3, 0.4) is 0 Å². The van der Waals surface area contributed by atoms with E-state index in [4.69, 9.17) is 0 Å². The van der Waals surface area contributed by atoms with Crippen LogP contribution in [0.1, 0.15) is 37.3 Å². The molecule has 1 heteroatoms. The molecule has 0 saturated carbocycles. The van der Waals surface area contributed by atoms with Gasteiger partial charge in [0.25, 0.3) is 0 Å². The summed E-state index contributed by atoms with van der Waals surface area (Å²) in [4.78, 5) is 0. The summed E-state index contributed by atoms with van der Waals surface area (Å²) in [6, 6.07) is 8.97. The van der Waals surface area contributed by atoms with Crippen LogP contribution in [-0.2, 0) is 0 Å². The van der Waals surface area contributed by atoms with Gasteiger partial charge in [-0.15, -0.1) is 0 Å². The number of hydrogen-bond acceptors (Lipinski definition) is 1. The maximum absolute atomic E-state index is 3.23. The van der Waals surface area contributed by atoms with Crippen LogP contribution in [0.5, 0.6) is 0 Å². The largest absolute Gasteiger partial charge is 0.320 e. The van der Waals surface area contributed by atoms with Gasteiger partial charge in [0.05, 0.1) is 0 Å². The molecule has 0 bridgehead atoms. The van der Waals surface area contributed by atoms with Crippen molar-refractivity contribution in [2.75, 3.05) is 13.6 Å². The molecule has 1 unspecified atom stereocenters. The first-order chi connectivity index (χ1) is 7.15. The predicted molar refractivity (Wildman–Crippen MR) is 67.3 cm³/mol. The van der Waals surface area contributed by atoms with Gasteiger partial charge in [0.1, 0.15) is 0 Å². The smallest absolute Gasteiger partial charge is 0.00460 e. The van der Waals surface area contributed by atoms with Gasteiger partial charge < -0.3 is 5.32 Å². The number of hydrogen-bond donors (Lipinski definition) is 1. The Kier molecular flexibility index (Phi) is 4.83. The highest BCUT2D eigenvalue weighted by Crippen LogP contribution is 2.27. The van der Waals surface area contributed by atoms with Gasteiger partial charge in [-0.2, -0.15) is 0 Å². The predicted octanol–water partition coefficient (Wildman–Crippen LogP) is 3.34. The van der Waals surface area contributed by atoms with Crippen LogP contribution in [-0.4, -0.2) is 13.6 Å². The van der Waals surface area contributed by atoms with Crippen molar-refractivity contribution in [2.24, 2.45) is 5.92 Å². The average molecular weight is 205 g/mol. The lowest BCUT2D eigenvalue weighted by Gasteiger charge is -2.21. The second-order valence-electron chi connectivity index (χ2n) is 4.65. The Balaban J connectivity index is 2.74. The van der Waals surface area contributed by atoms with E-state index in [1.165, 1.54) is 17.5 Å². The van der Waals surface area contributed by atoms with Crippen LogP contribution in [0, 0.1) is 12.8 Å². The second kappa shape index (κ2) is 5.92. The maximum Gasteiger partial charge on any atom is -0.00460 e. The zero-order valence-corrected chi connectivity index (χ0v) is 10.4. The molecule has 1 N–H and O–H groups in total. The Bertz CT molecular complexity index is 274. The number of benzene rings is 1. The molecule has 1 atom stereocenters. The van der Waals surface area contributed by atoms with Crippen molar-refractivity contribution in [3.8, 4) is 0 Å². The summed E-state index contributed by atoms with van der Waals surface area (Å²) in [5.41, 5.74) is 2.82. The van der Waals surface area contributed by atoms with Gasteiger partial charge in [-0.3, -0.25) is 0 Å². The molecule has 1 nitrogen and oxygen atoms in total. The van der Waals surface area contributed by atoms with Gasteiger partial charge in [-0.1, -0.05) is 43.7 Å². The summed E-state index contributed by atoms with van der Waals surface area (Å²) in [7, 11) is 2.02. The highest BCUT2D eigenvalue weighted by Gasteiger charge is 2.14. The first-order valence-corrected chi connectivity index (χ1v) is 5.86. The van der Waals surface area contributed by atoms with Crippen LogP contribution in [0.25, 0.3) is 0 Å². The van der Waals surface area contributed by atoms with Gasteiger partial charge in [-0.05, 0) is 44.3 Å². The molecular formula is C14H23N.